The number of hydrogen-bond donors (Lipinski definition) is 0. The highest BCUT2D eigenvalue weighted by atomic mass is 16.5. The van der Waals surface area contributed by atoms with E-state index in [1.807, 2.05) is 30.3 Å². The van der Waals surface area contributed by atoms with Crippen LogP contribution in [0, 0.1) is 0 Å². The first-order valence-corrected chi connectivity index (χ1v) is 5.16. The summed E-state index contributed by atoms with van der Waals surface area (Å²) in [6, 6.07) is 9.96. The van der Waals surface area contributed by atoms with E-state index < -0.39 is 0 Å². The summed E-state index contributed by atoms with van der Waals surface area (Å²) >= 11 is 0. The minimum atomic E-state index is -0.153. The predicted octanol–water partition coefficient (Wildman–Crippen LogP) is 1.91. The lowest BCUT2D eigenvalue weighted by molar-refractivity contribution is -0.154. The molecule has 1 atom stereocenters. The molecule has 1 saturated heterocycles. The molecule has 0 amide bonds. The van der Waals surface area contributed by atoms with Gasteiger partial charge in [0.1, 0.15) is 0 Å². The van der Waals surface area contributed by atoms with Crippen LogP contribution >= 0.6 is 0 Å². The summed E-state index contributed by atoms with van der Waals surface area (Å²) in [4.78, 5) is 11.0. The van der Waals surface area contributed by atoms with Crippen molar-refractivity contribution in [3.05, 3.63) is 35.9 Å². The van der Waals surface area contributed by atoms with Crippen molar-refractivity contribution >= 4 is 5.97 Å². The van der Waals surface area contributed by atoms with Crippen LogP contribution < -0.4 is 0 Å². The van der Waals surface area contributed by atoms with Crippen LogP contribution in [-0.4, -0.2) is 18.7 Å². The monoisotopic (exact) mass is 206 g/mol. The normalized spacial score (nSPS) is 21.1. The van der Waals surface area contributed by atoms with Gasteiger partial charge in [0.25, 0.3) is 0 Å². The Bertz CT molecular complexity index is 321. The van der Waals surface area contributed by atoms with Gasteiger partial charge in [0.2, 0.25) is 0 Å². The van der Waals surface area contributed by atoms with E-state index in [0.717, 1.165) is 12.0 Å². The third-order valence-corrected chi connectivity index (χ3v) is 2.43. The van der Waals surface area contributed by atoms with E-state index in [2.05, 4.69) is 0 Å². The molecule has 1 aromatic rings. The van der Waals surface area contributed by atoms with Crippen LogP contribution in [0.2, 0.25) is 0 Å². The molecule has 1 heterocycles. The summed E-state index contributed by atoms with van der Waals surface area (Å²) in [6.45, 7) is 1.05. The Morgan fingerprint density at radius 3 is 2.87 bits per heavy atom. The van der Waals surface area contributed by atoms with Gasteiger partial charge in [-0.25, -0.2) is 0 Å². The second-order valence-corrected chi connectivity index (χ2v) is 3.63. The van der Waals surface area contributed by atoms with Crippen molar-refractivity contribution in [2.75, 3.05) is 6.61 Å². The lowest BCUT2D eigenvalue weighted by Crippen LogP contribution is -2.27. The van der Waals surface area contributed by atoms with E-state index in [1.165, 1.54) is 0 Å². The van der Waals surface area contributed by atoms with Crippen molar-refractivity contribution in [3.63, 3.8) is 0 Å². The largest absolute Gasteiger partial charge is 0.465 e. The Kier molecular flexibility index (Phi) is 3.35. The number of cyclic esters (lactones) is 1. The Balaban J connectivity index is 1.80. The Morgan fingerprint density at radius 1 is 1.33 bits per heavy atom. The zero-order chi connectivity index (χ0) is 10.5. The summed E-state index contributed by atoms with van der Waals surface area (Å²) in [6.07, 6.45) is 1.21. The van der Waals surface area contributed by atoms with Crippen LogP contribution in [0.3, 0.4) is 0 Å². The molecule has 0 aromatic heterocycles. The number of carbonyl (C=O) groups excluding carboxylic acids is 1. The standard InChI is InChI=1S/C12H14O3/c13-12-8-11(6-7-14-12)15-9-10-4-2-1-3-5-10/h1-5,11H,6-9H2/t11-/m0/s1. The number of hydrogen-bond acceptors (Lipinski definition) is 3. The maximum absolute atomic E-state index is 11.0. The smallest absolute Gasteiger partial charge is 0.308 e. The molecule has 1 fully saturated rings. The first kappa shape index (κ1) is 10.2. The molecule has 1 aliphatic heterocycles. The van der Waals surface area contributed by atoms with E-state index in [-0.39, 0.29) is 12.1 Å². The quantitative estimate of drug-likeness (QED) is 0.709. The lowest BCUT2D eigenvalue weighted by atomic mass is 10.1. The molecule has 0 N–H and O–H groups in total. The van der Waals surface area contributed by atoms with Crippen LogP contribution in [0.4, 0.5) is 0 Å². The van der Waals surface area contributed by atoms with Gasteiger partial charge in [-0.05, 0) is 5.56 Å². The van der Waals surface area contributed by atoms with Crippen LogP contribution in [0.5, 0.6) is 0 Å². The van der Waals surface area contributed by atoms with Crippen molar-refractivity contribution in [2.45, 2.75) is 25.6 Å². The molecular formula is C12H14O3. The van der Waals surface area contributed by atoms with Crippen LogP contribution in [0.1, 0.15) is 18.4 Å². The van der Waals surface area contributed by atoms with Gasteiger partial charge in [-0.3, -0.25) is 4.79 Å². The average molecular weight is 206 g/mol. The third-order valence-electron chi connectivity index (χ3n) is 2.43. The number of carbonyl (C=O) groups is 1. The fourth-order valence-corrected chi connectivity index (χ4v) is 1.58. The van der Waals surface area contributed by atoms with Crippen LogP contribution in [0.15, 0.2) is 30.3 Å². The van der Waals surface area contributed by atoms with E-state index in [9.17, 15) is 4.79 Å². The van der Waals surface area contributed by atoms with Gasteiger partial charge in [-0.15, -0.1) is 0 Å². The molecule has 0 spiro atoms. The zero-order valence-electron chi connectivity index (χ0n) is 8.52. The molecule has 0 unspecified atom stereocenters. The summed E-state index contributed by atoms with van der Waals surface area (Å²) < 4.78 is 10.5. The van der Waals surface area contributed by atoms with Gasteiger partial charge in [0, 0.05) is 6.42 Å². The fourth-order valence-electron chi connectivity index (χ4n) is 1.58. The van der Waals surface area contributed by atoms with Gasteiger partial charge in [-0.1, -0.05) is 30.3 Å². The molecular weight excluding hydrogens is 192 g/mol. The highest BCUT2D eigenvalue weighted by Gasteiger charge is 2.20. The summed E-state index contributed by atoms with van der Waals surface area (Å²) in [7, 11) is 0. The lowest BCUT2D eigenvalue weighted by Gasteiger charge is -2.21. The highest BCUT2D eigenvalue weighted by molar-refractivity contribution is 5.70. The highest BCUT2D eigenvalue weighted by Crippen LogP contribution is 2.14. The van der Waals surface area contributed by atoms with E-state index in [1.54, 1.807) is 0 Å². The van der Waals surface area contributed by atoms with Crippen molar-refractivity contribution < 1.29 is 14.3 Å². The summed E-state index contributed by atoms with van der Waals surface area (Å²) in [5.41, 5.74) is 1.14. The molecule has 3 nitrogen and oxygen atoms in total. The van der Waals surface area contributed by atoms with E-state index in [4.69, 9.17) is 9.47 Å². The number of rotatable bonds is 3. The second-order valence-electron chi connectivity index (χ2n) is 3.63. The number of benzene rings is 1. The van der Waals surface area contributed by atoms with Crippen molar-refractivity contribution in [1.29, 1.82) is 0 Å². The van der Waals surface area contributed by atoms with E-state index >= 15 is 0 Å². The SMILES string of the molecule is O=C1C[C@@H](OCc2ccccc2)CCO1. The third kappa shape index (κ3) is 3.06. The fraction of sp³-hybridized carbons (Fsp3) is 0.417. The average Bonchev–Trinajstić information content (AvgIpc) is 2.28. The van der Waals surface area contributed by atoms with Gasteiger partial charge in [-0.2, -0.15) is 0 Å². The van der Waals surface area contributed by atoms with Gasteiger partial charge in [0.15, 0.2) is 0 Å². The topological polar surface area (TPSA) is 35.5 Å². The van der Waals surface area contributed by atoms with Gasteiger partial charge in [0.05, 0.1) is 25.7 Å². The molecule has 0 radical (unpaired) electrons. The molecule has 0 bridgehead atoms. The number of ether oxygens (including phenoxy) is 2. The molecule has 80 valence electrons. The Morgan fingerprint density at radius 2 is 2.13 bits per heavy atom. The minimum absolute atomic E-state index is 0.0199. The Hall–Kier alpha value is -1.35. The second kappa shape index (κ2) is 4.94. The maximum Gasteiger partial charge on any atom is 0.308 e. The number of esters is 1. The first-order chi connectivity index (χ1) is 7.34. The van der Waals surface area contributed by atoms with Crippen LogP contribution in [0.25, 0.3) is 0 Å². The molecule has 2 rings (SSSR count). The molecule has 15 heavy (non-hydrogen) atoms. The molecule has 0 saturated carbocycles. The molecule has 3 heteroatoms. The minimum Gasteiger partial charge on any atom is -0.465 e. The van der Waals surface area contributed by atoms with E-state index in [0.29, 0.717) is 19.6 Å². The van der Waals surface area contributed by atoms with Crippen molar-refractivity contribution in [3.8, 4) is 0 Å². The molecule has 1 aliphatic rings. The summed E-state index contributed by atoms with van der Waals surface area (Å²) in [5.74, 6) is -0.153. The molecule has 0 aliphatic carbocycles. The van der Waals surface area contributed by atoms with Crippen LogP contribution in [-0.2, 0) is 20.9 Å². The first-order valence-electron chi connectivity index (χ1n) is 5.16. The zero-order valence-corrected chi connectivity index (χ0v) is 8.52. The molecule has 1 aromatic carbocycles. The maximum atomic E-state index is 11.0. The Labute approximate surface area is 89.0 Å². The van der Waals surface area contributed by atoms with Crippen molar-refractivity contribution in [2.24, 2.45) is 0 Å². The van der Waals surface area contributed by atoms with Gasteiger partial charge >= 0.3 is 5.97 Å². The summed E-state index contributed by atoms with van der Waals surface area (Å²) in [5, 5.41) is 0. The van der Waals surface area contributed by atoms with Crippen molar-refractivity contribution in [1.82, 2.24) is 0 Å². The predicted molar refractivity (Wildman–Crippen MR) is 55.2 cm³/mol. The van der Waals surface area contributed by atoms with Gasteiger partial charge < -0.3 is 9.47 Å².